The van der Waals surface area contributed by atoms with E-state index in [0.717, 1.165) is 37.5 Å². The van der Waals surface area contributed by atoms with Gasteiger partial charge in [0.1, 0.15) is 0 Å². The SMILES string of the molecule is Cc1ccc(OC(=O)C2CCC(C3CCCC3)CC2)c(F)c1F. The molecule has 0 unspecified atom stereocenters. The van der Waals surface area contributed by atoms with Crippen LogP contribution < -0.4 is 4.74 Å². The summed E-state index contributed by atoms with van der Waals surface area (Å²) in [6, 6.07) is 2.76. The molecule has 0 radical (unpaired) electrons. The number of esters is 1. The zero-order chi connectivity index (χ0) is 16.4. The second kappa shape index (κ2) is 6.98. The summed E-state index contributed by atoms with van der Waals surface area (Å²) in [5.74, 6) is -1.35. The van der Waals surface area contributed by atoms with Gasteiger partial charge in [-0.05, 0) is 56.1 Å². The molecule has 4 heteroatoms. The molecule has 0 aromatic heterocycles. The van der Waals surface area contributed by atoms with Gasteiger partial charge in [-0.1, -0.05) is 31.7 Å². The van der Waals surface area contributed by atoms with E-state index in [-0.39, 0.29) is 17.2 Å². The topological polar surface area (TPSA) is 26.3 Å². The molecule has 2 saturated carbocycles. The number of halogens is 2. The van der Waals surface area contributed by atoms with Crippen LogP contribution in [0.3, 0.4) is 0 Å². The van der Waals surface area contributed by atoms with Crippen LogP contribution in [0.2, 0.25) is 0 Å². The van der Waals surface area contributed by atoms with Crippen molar-refractivity contribution in [1.82, 2.24) is 0 Å². The maximum absolute atomic E-state index is 13.8. The van der Waals surface area contributed by atoms with Crippen LogP contribution >= 0.6 is 0 Å². The van der Waals surface area contributed by atoms with Crippen molar-refractivity contribution in [2.75, 3.05) is 0 Å². The number of hydrogen-bond acceptors (Lipinski definition) is 2. The Labute approximate surface area is 136 Å². The Hall–Kier alpha value is -1.45. The van der Waals surface area contributed by atoms with Crippen LogP contribution in [0.15, 0.2) is 12.1 Å². The first kappa shape index (κ1) is 16.4. The molecule has 0 heterocycles. The predicted octanol–water partition coefficient (Wildman–Crippen LogP) is 5.18. The molecule has 0 atom stereocenters. The van der Waals surface area contributed by atoms with Gasteiger partial charge in [0, 0.05) is 0 Å². The number of hydrogen-bond donors (Lipinski definition) is 0. The first-order valence-electron chi connectivity index (χ1n) is 8.72. The van der Waals surface area contributed by atoms with Gasteiger partial charge in [-0.25, -0.2) is 4.39 Å². The zero-order valence-electron chi connectivity index (χ0n) is 13.6. The van der Waals surface area contributed by atoms with Crippen molar-refractivity contribution in [3.05, 3.63) is 29.3 Å². The highest BCUT2D eigenvalue weighted by Crippen LogP contribution is 2.41. The van der Waals surface area contributed by atoms with Gasteiger partial charge in [-0.15, -0.1) is 0 Å². The number of benzene rings is 1. The minimum atomic E-state index is -1.07. The lowest BCUT2D eigenvalue weighted by molar-refractivity contribution is -0.140. The van der Waals surface area contributed by atoms with Crippen LogP contribution in [0.1, 0.15) is 56.9 Å². The number of carbonyl (C=O) groups is 1. The molecule has 2 nitrogen and oxygen atoms in total. The third-order valence-corrected chi connectivity index (χ3v) is 5.62. The molecule has 0 bridgehead atoms. The van der Waals surface area contributed by atoms with E-state index in [1.807, 2.05) is 0 Å². The third-order valence-electron chi connectivity index (χ3n) is 5.62. The molecule has 2 aliphatic carbocycles. The van der Waals surface area contributed by atoms with Gasteiger partial charge >= 0.3 is 5.97 Å². The number of carbonyl (C=O) groups excluding carboxylic acids is 1. The van der Waals surface area contributed by atoms with Crippen LogP contribution in [0.5, 0.6) is 5.75 Å². The Kier molecular flexibility index (Phi) is 4.98. The lowest BCUT2D eigenvalue weighted by atomic mass is 9.75. The summed E-state index contributed by atoms with van der Waals surface area (Å²) in [6.45, 7) is 1.48. The summed E-state index contributed by atoms with van der Waals surface area (Å²) in [4.78, 5) is 12.2. The lowest BCUT2D eigenvalue weighted by Crippen LogP contribution is -2.28. The summed E-state index contributed by atoms with van der Waals surface area (Å²) in [7, 11) is 0. The fraction of sp³-hybridized carbons (Fsp3) is 0.632. The highest BCUT2D eigenvalue weighted by molar-refractivity contribution is 5.75. The summed E-state index contributed by atoms with van der Waals surface area (Å²) < 4.78 is 32.5. The Bertz CT molecular complexity index is 571. The van der Waals surface area contributed by atoms with E-state index >= 15 is 0 Å². The van der Waals surface area contributed by atoms with E-state index in [0.29, 0.717) is 0 Å². The van der Waals surface area contributed by atoms with Gasteiger partial charge in [0.25, 0.3) is 0 Å². The molecular weight excluding hydrogens is 298 g/mol. The first-order chi connectivity index (χ1) is 11.1. The van der Waals surface area contributed by atoms with Gasteiger partial charge in [0.15, 0.2) is 11.6 Å². The van der Waals surface area contributed by atoms with Gasteiger partial charge in [0.2, 0.25) is 5.82 Å². The molecule has 0 aliphatic heterocycles. The first-order valence-corrected chi connectivity index (χ1v) is 8.72. The maximum atomic E-state index is 13.8. The van der Waals surface area contributed by atoms with Crippen LogP contribution in [0.4, 0.5) is 8.78 Å². The van der Waals surface area contributed by atoms with Crippen molar-refractivity contribution in [1.29, 1.82) is 0 Å². The quantitative estimate of drug-likeness (QED) is 0.566. The van der Waals surface area contributed by atoms with Crippen molar-refractivity contribution in [2.45, 2.75) is 58.3 Å². The average molecular weight is 322 g/mol. The van der Waals surface area contributed by atoms with E-state index in [4.69, 9.17) is 4.74 Å². The van der Waals surface area contributed by atoms with Gasteiger partial charge in [-0.2, -0.15) is 4.39 Å². The minimum absolute atomic E-state index is 0.184. The van der Waals surface area contributed by atoms with Crippen LogP contribution in [-0.4, -0.2) is 5.97 Å². The van der Waals surface area contributed by atoms with E-state index < -0.39 is 17.6 Å². The van der Waals surface area contributed by atoms with Crippen molar-refractivity contribution < 1.29 is 18.3 Å². The number of ether oxygens (including phenoxy) is 1. The molecule has 3 rings (SSSR count). The molecule has 0 amide bonds. The predicted molar refractivity (Wildman–Crippen MR) is 84.1 cm³/mol. The summed E-state index contributed by atoms with van der Waals surface area (Å²) in [6.07, 6.45) is 9.04. The molecule has 1 aromatic rings. The van der Waals surface area contributed by atoms with Crippen LogP contribution in [0, 0.1) is 36.3 Å². The van der Waals surface area contributed by atoms with E-state index in [9.17, 15) is 13.6 Å². The highest BCUT2D eigenvalue weighted by Gasteiger charge is 2.33. The smallest absolute Gasteiger partial charge is 0.314 e. The molecule has 2 aliphatic rings. The molecule has 0 N–H and O–H groups in total. The van der Waals surface area contributed by atoms with Crippen molar-refractivity contribution in [2.24, 2.45) is 17.8 Å². The molecule has 23 heavy (non-hydrogen) atoms. The monoisotopic (exact) mass is 322 g/mol. The average Bonchev–Trinajstić information content (AvgIpc) is 3.10. The molecule has 1 aromatic carbocycles. The van der Waals surface area contributed by atoms with E-state index in [1.165, 1.54) is 44.7 Å². The van der Waals surface area contributed by atoms with Gasteiger partial charge < -0.3 is 4.74 Å². The summed E-state index contributed by atoms with van der Waals surface area (Å²) >= 11 is 0. The van der Waals surface area contributed by atoms with Crippen molar-refractivity contribution >= 4 is 5.97 Å². The normalized spacial score (nSPS) is 25.5. The minimum Gasteiger partial charge on any atom is -0.423 e. The third kappa shape index (κ3) is 3.56. The largest absolute Gasteiger partial charge is 0.423 e. The second-order valence-corrected chi connectivity index (χ2v) is 7.09. The summed E-state index contributed by atoms with van der Waals surface area (Å²) in [5, 5.41) is 0. The standard InChI is InChI=1S/C19H24F2O2/c1-12-6-11-16(18(21)17(12)20)23-19(22)15-9-7-14(8-10-15)13-4-2-3-5-13/h6,11,13-15H,2-5,7-10H2,1H3. The number of rotatable bonds is 3. The molecule has 126 valence electrons. The fourth-order valence-corrected chi connectivity index (χ4v) is 4.15. The Morgan fingerprint density at radius 3 is 2.22 bits per heavy atom. The highest BCUT2D eigenvalue weighted by atomic mass is 19.2. The van der Waals surface area contributed by atoms with Crippen LogP contribution in [-0.2, 0) is 4.79 Å². The molecule has 0 spiro atoms. The Balaban J connectivity index is 1.56. The Morgan fingerprint density at radius 2 is 1.57 bits per heavy atom. The maximum Gasteiger partial charge on any atom is 0.314 e. The Morgan fingerprint density at radius 1 is 0.957 bits per heavy atom. The molecule has 2 fully saturated rings. The summed E-state index contributed by atoms with van der Waals surface area (Å²) in [5.41, 5.74) is 0.208. The van der Waals surface area contributed by atoms with E-state index in [2.05, 4.69) is 0 Å². The van der Waals surface area contributed by atoms with E-state index in [1.54, 1.807) is 0 Å². The second-order valence-electron chi connectivity index (χ2n) is 7.09. The van der Waals surface area contributed by atoms with Crippen molar-refractivity contribution in [3.63, 3.8) is 0 Å². The van der Waals surface area contributed by atoms with Crippen LogP contribution in [0.25, 0.3) is 0 Å². The zero-order valence-corrected chi connectivity index (χ0v) is 13.6. The molecular formula is C19H24F2O2. The lowest BCUT2D eigenvalue weighted by Gasteiger charge is -2.31. The molecule has 0 saturated heterocycles. The fourth-order valence-electron chi connectivity index (χ4n) is 4.15. The van der Waals surface area contributed by atoms with Crippen molar-refractivity contribution in [3.8, 4) is 5.75 Å². The van der Waals surface area contributed by atoms with Gasteiger partial charge in [0.05, 0.1) is 5.92 Å². The number of aryl methyl sites for hydroxylation is 1. The van der Waals surface area contributed by atoms with Gasteiger partial charge in [-0.3, -0.25) is 4.79 Å².